The first-order valence-electron chi connectivity index (χ1n) is 9.39. The summed E-state index contributed by atoms with van der Waals surface area (Å²) in [6.07, 6.45) is 0. The molecular formula is C21H24N4O4. The number of hydrogen-bond acceptors (Lipinski definition) is 5. The van der Waals surface area contributed by atoms with Crippen molar-refractivity contribution in [3.05, 3.63) is 69.3 Å². The Labute approximate surface area is 169 Å². The van der Waals surface area contributed by atoms with Crippen molar-refractivity contribution in [2.24, 2.45) is 0 Å². The molecule has 0 aliphatic carbocycles. The third-order valence-electron chi connectivity index (χ3n) is 5.06. The monoisotopic (exact) mass is 396 g/mol. The highest BCUT2D eigenvalue weighted by atomic mass is 16.6. The smallest absolute Gasteiger partial charge is 0.270 e. The average Bonchev–Trinajstić information content (AvgIpc) is 2.72. The number of piperazine rings is 1. The third kappa shape index (κ3) is 4.37. The van der Waals surface area contributed by atoms with Crippen molar-refractivity contribution in [2.75, 3.05) is 45.2 Å². The number of benzene rings is 2. The zero-order valence-electron chi connectivity index (χ0n) is 16.8. The predicted molar refractivity (Wildman–Crippen MR) is 110 cm³/mol. The Morgan fingerprint density at radius 1 is 0.931 bits per heavy atom. The van der Waals surface area contributed by atoms with Crippen LogP contribution in [0.25, 0.3) is 0 Å². The fraction of sp³-hybridized carbons (Fsp3) is 0.333. The molecule has 1 fully saturated rings. The van der Waals surface area contributed by atoms with Gasteiger partial charge in [-0.3, -0.25) is 19.7 Å². The van der Waals surface area contributed by atoms with Gasteiger partial charge >= 0.3 is 0 Å². The van der Waals surface area contributed by atoms with E-state index >= 15 is 0 Å². The van der Waals surface area contributed by atoms with Crippen molar-refractivity contribution in [3.63, 3.8) is 0 Å². The zero-order valence-corrected chi connectivity index (χ0v) is 16.8. The molecule has 0 aromatic heterocycles. The molecule has 0 unspecified atom stereocenters. The van der Waals surface area contributed by atoms with E-state index in [-0.39, 0.29) is 17.5 Å². The molecular weight excluding hydrogens is 372 g/mol. The Balaban J connectivity index is 1.73. The Morgan fingerprint density at radius 3 is 2.00 bits per heavy atom. The molecule has 0 N–H and O–H groups in total. The van der Waals surface area contributed by atoms with Gasteiger partial charge in [0.25, 0.3) is 17.5 Å². The van der Waals surface area contributed by atoms with Crippen LogP contribution in [-0.2, 0) is 0 Å². The first kappa shape index (κ1) is 20.3. The number of aryl methyl sites for hydroxylation is 1. The molecule has 1 aliphatic rings. The van der Waals surface area contributed by atoms with Gasteiger partial charge < -0.3 is 14.7 Å². The standard InChI is InChI=1S/C21H24N4O4/c1-15-4-6-16(7-5-15)20(26)23-10-12-24(13-11-23)21(27)18-14-17(25(28)29)8-9-19(18)22(2)3/h4-9,14H,10-13H2,1-3H3. The molecule has 2 amide bonds. The lowest BCUT2D eigenvalue weighted by Crippen LogP contribution is -2.50. The van der Waals surface area contributed by atoms with Gasteiger partial charge in [-0.1, -0.05) is 17.7 Å². The van der Waals surface area contributed by atoms with E-state index in [1.807, 2.05) is 31.2 Å². The molecule has 1 aliphatic heterocycles. The average molecular weight is 396 g/mol. The van der Waals surface area contributed by atoms with Crippen LogP contribution in [0, 0.1) is 17.0 Å². The molecule has 3 rings (SSSR count). The molecule has 0 radical (unpaired) electrons. The maximum absolute atomic E-state index is 13.1. The number of carbonyl (C=O) groups excluding carboxylic acids is 2. The molecule has 8 heteroatoms. The highest BCUT2D eigenvalue weighted by Gasteiger charge is 2.28. The first-order valence-corrected chi connectivity index (χ1v) is 9.39. The van der Waals surface area contributed by atoms with Gasteiger partial charge in [-0.15, -0.1) is 0 Å². The summed E-state index contributed by atoms with van der Waals surface area (Å²) >= 11 is 0. The second-order valence-electron chi connectivity index (χ2n) is 7.30. The Morgan fingerprint density at radius 2 is 1.48 bits per heavy atom. The van der Waals surface area contributed by atoms with Crippen LogP contribution in [0.15, 0.2) is 42.5 Å². The van der Waals surface area contributed by atoms with Gasteiger partial charge in [0.15, 0.2) is 0 Å². The third-order valence-corrected chi connectivity index (χ3v) is 5.06. The minimum atomic E-state index is -0.506. The fourth-order valence-electron chi connectivity index (χ4n) is 3.36. The van der Waals surface area contributed by atoms with E-state index in [9.17, 15) is 19.7 Å². The maximum Gasteiger partial charge on any atom is 0.270 e. The number of amides is 2. The molecule has 0 atom stereocenters. The van der Waals surface area contributed by atoms with E-state index in [0.717, 1.165) is 5.56 Å². The second-order valence-corrected chi connectivity index (χ2v) is 7.30. The van der Waals surface area contributed by atoms with Gasteiger partial charge in [0.05, 0.1) is 10.5 Å². The number of nitro groups is 1. The van der Waals surface area contributed by atoms with E-state index in [1.54, 1.807) is 34.9 Å². The lowest BCUT2D eigenvalue weighted by molar-refractivity contribution is -0.384. The van der Waals surface area contributed by atoms with Crippen LogP contribution in [0.4, 0.5) is 11.4 Å². The van der Waals surface area contributed by atoms with E-state index < -0.39 is 4.92 Å². The van der Waals surface area contributed by atoms with Gasteiger partial charge in [-0.25, -0.2) is 0 Å². The van der Waals surface area contributed by atoms with Gasteiger partial charge in [-0.05, 0) is 25.1 Å². The summed E-state index contributed by atoms with van der Waals surface area (Å²) < 4.78 is 0. The lowest BCUT2D eigenvalue weighted by atomic mass is 10.1. The summed E-state index contributed by atoms with van der Waals surface area (Å²) in [7, 11) is 3.58. The van der Waals surface area contributed by atoms with E-state index in [2.05, 4.69) is 0 Å². The Hall–Kier alpha value is -3.42. The predicted octanol–water partition coefficient (Wildman–Crippen LogP) is 2.57. The van der Waals surface area contributed by atoms with Gasteiger partial charge in [0, 0.05) is 63.7 Å². The van der Waals surface area contributed by atoms with Crippen LogP contribution in [0.5, 0.6) is 0 Å². The summed E-state index contributed by atoms with van der Waals surface area (Å²) in [4.78, 5) is 41.5. The molecule has 1 saturated heterocycles. The van der Waals surface area contributed by atoms with Crippen LogP contribution < -0.4 is 4.90 Å². The van der Waals surface area contributed by atoms with Crippen LogP contribution in [0.3, 0.4) is 0 Å². The van der Waals surface area contributed by atoms with E-state index in [0.29, 0.717) is 43.0 Å². The van der Waals surface area contributed by atoms with Crippen LogP contribution >= 0.6 is 0 Å². The summed E-state index contributed by atoms with van der Waals surface area (Å²) in [5.41, 5.74) is 2.52. The molecule has 0 bridgehead atoms. The second kappa shape index (κ2) is 8.30. The number of non-ortho nitro benzene ring substituents is 1. The van der Waals surface area contributed by atoms with Crippen molar-refractivity contribution in [1.82, 2.24) is 9.80 Å². The van der Waals surface area contributed by atoms with Crippen LogP contribution in [0.2, 0.25) is 0 Å². The van der Waals surface area contributed by atoms with Crippen LogP contribution in [-0.4, -0.2) is 66.8 Å². The molecule has 1 heterocycles. The van der Waals surface area contributed by atoms with Gasteiger partial charge in [0.2, 0.25) is 0 Å². The summed E-state index contributed by atoms with van der Waals surface area (Å²) in [5, 5.41) is 11.1. The van der Waals surface area contributed by atoms with Crippen molar-refractivity contribution in [1.29, 1.82) is 0 Å². The minimum Gasteiger partial charge on any atom is -0.377 e. The van der Waals surface area contributed by atoms with Crippen molar-refractivity contribution < 1.29 is 14.5 Å². The number of nitrogens with zero attached hydrogens (tertiary/aromatic N) is 4. The van der Waals surface area contributed by atoms with E-state index in [1.165, 1.54) is 12.1 Å². The normalized spacial score (nSPS) is 13.9. The summed E-state index contributed by atoms with van der Waals surface area (Å²) in [6, 6.07) is 11.7. The van der Waals surface area contributed by atoms with Crippen molar-refractivity contribution in [2.45, 2.75) is 6.92 Å². The van der Waals surface area contributed by atoms with Crippen LogP contribution in [0.1, 0.15) is 26.3 Å². The number of rotatable bonds is 4. The highest BCUT2D eigenvalue weighted by Crippen LogP contribution is 2.26. The lowest BCUT2D eigenvalue weighted by Gasteiger charge is -2.35. The van der Waals surface area contributed by atoms with Gasteiger partial charge in [0.1, 0.15) is 0 Å². The quantitative estimate of drug-likeness (QED) is 0.586. The number of anilines is 1. The first-order chi connectivity index (χ1) is 13.8. The topological polar surface area (TPSA) is 87.0 Å². The number of hydrogen-bond donors (Lipinski definition) is 0. The molecule has 29 heavy (non-hydrogen) atoms. The summed E-state index contributed by atoms with van der Waals surface area (Å²) in [5.74, 6) is -0.318. The zero-order chi connectivity index (χ0) is 21.1. The molecule has 2 aromatic carbocycles. The van der Waals surface area contributed by atoms with Gasteiger partial charge in [-0.2, -0.15) is 0 Å². The largest absolute Gasteiger partial charge is 0.377 e. The summed E-state index contributed by atoms with van der Waals surface area (Å²) in [6.45, 7) is 3.57. The SMILES string of the molecule is Cc1ccc(C(=O)N2CCN(C(=O)c3cc([N+](=O)[O-])ccc3N(C)C)CC2)cc1. The molecule has 8 nitrogen and oxygen atoms in total. The highest BCUT2D eigenvalue weighted by molar-refractivity contribution is 6.01. The Bertz CT molecular complexity index is 932. The van der Waals surface area contributed by atoms with Crippen molar-refractivity contribution in [3.8, 4) is 0 Å². The molecule has 152 valence electrons. The maximum atomic E-state index is 13.1. The molecule has 0 saturated carbocycles. The molecule has 2 aromatic rings. The van der Waals surface area contributed by atoms with E-state index in [4.69, 9.17) is 0 Å². The van der Waals surface area contributed by atoms with Crippen molar-refractivity contribution >= 4 is 23.2 Å². The fourth-order valence-corrected chi connectivity index (χ4v) is 3.36. The minimum absolute atomic E-state index is 0.0542. The molecule has 0 spiro atoms. The number of carbonyl (C=O) groups is 2. The Kier molecular flexibility index (Phi) is 5.81. The number of nitro benzene ring substituents is 1.